The van der Waals surface area contributed by atoms with E-state index in [4.69, 9.17) is 5.11 Å². The van der Waals surface area contributed by atoms with Crippen molar-refractivity contribution >= 4 is 12.0 Å². The minimum Gasteiger partial charge on any atom is -0.481 e. The van der Waals surface area contributed by atoms with Crippen molar-refractivity contribution < 1.29 is 14.7 Å². The van der Waals surface area contributed by atoms with Crippen molar-refractivity contribution in [1.82, 2.24) is 10.2 Å². The highest BCUT2D eigenvalue weighted by molar-refractivity contribution is 5.74. The van der Waals surface area contributed by atoms with Crippen LogP contribution in [0.2, 0.25) is 0 Å². The molecule has 0 aliphatic rings. The highest BCUT2D eigenvalue weighted by Crippen LogP contribution is 2.06. The van der Waals surface area contributed by atoms with Crippen molar-refractivity contribution in [2.75, 3.05) is 19.6 Å². The van der Waals surface area contributed by atoms with Gasteiger partial charge in [-0.1, -0.05) is 25.5 Å². The lowest BCUT2D eigenvalue weighted by Crippen LogP contribution is -2.42. The van der Waals surface area contributed by atoms with Crippen LogP contribution >= 0.6 is 0 Å². The molecule has 2 N–H and O–H groups in total. The lowest BCUT2D eigenvalue weighted by Gasteiger charge is -2.21. The van der Waals surface area contributed by atoms with E-state index >= 15 is 0 Å². The molecule has 0 saturated carbocycles. The zero-order chi connectivity index (χ0) is 14.0. The number of nitrogens with zero attached hydrogens (tertiary/aromatic N) is 1. The summed E-state index contributed by atoms with van der Waals surface area (Å²) >= 11 is 0. The van der Waals surface area contributed by atoms with E-state index in [1.54, 1.807) is 17.1 Å². The maximum atomic E-state index is 11.8. The van der Waals surface area contributed by atoms with Crippen molar-refractivity contribution in [2.45, 2.75) is 19.8 Å². The number of carbonyl (C=O) groups is 2. The van der Waals surface area contributed by atoms with Gasteiger partial charge in [-0.25, -0.2) is 4.79 Å². The van der Waals surface area contributed by atoms with Crippen LogP contribution in [0.15, 0.2) is 25.3 Å². The predicted molar refractivity (Wildman–Crippen MR) is 71.4 cm³/mol. The highest BCUT2D eigenvalue weighted by Gasteiger charge is 2.15. The summed E-state index contributed by atoms with van der Waals surface area (Å²) in [5.74, 6) is -0.883. The van der Waals surface area contributed by atoms with Crippen LogP contribution in [0.5, 0.6) is 0 Å². The summed E-state index contributed by atoms with van der Waals surface area (Å²) in [4.78, 5) is 24.0. The van der Waals surface area contributed by atoms with Gasteiger partial charge in [0.25, 0.3) is 0 Å². The Kier molecular flexibility index (Phi) is 8.35. The van der Waals surface area contributed by atoms with Crippen molar-refractivity contribution in [3.05, 3.63) is 25.3 Å². The minimum atomic E-state index is -0.842. The van der Waals surface area contributed by atoms with Crippen molar-refractivity contribution in [1.29, 1.82) is 0 Å². The first-order valence-electron chi connectivity index (χ1n) is 6.01. The molecule has 0 aromatic heterocycles. The molecule has 0 spiro atoms. The van der Waals surface area contributed by atoms with Crippen molar-refractivity contribution in [3.8, 4) is 0 Å². The van der Waals surface area contributed by atoms with Gasteiger partial charge < -0.3 is 15.3 Å². The molecular formula is C13H22N2O3. The Hall–Kier alpha value is -1.78. The van der Waals surface area contributed by atoms with E-state index in [1.165, 1.54) is 0 Å². The number of nitrogens with one attached hydrogen (secondary N) is 1. The summed E-state index contributed by atoms with van der Waals surface area (Å²) < 4.78 is 0. The summed E-state index contributed by atoms with van der Waals surface area (Å²) in [5.41, 5.74) is 0. The summed E-state index contributed by atoms with van der Waals surface area (Å²) in [5, 5.41) is 11.4. The molecule has 2 amide bonds. The third-order valence-corrected chi connectivity index (χ3v) is 2.57. The quantitative estimate of drug-likeness (QED) is 0.617. The standard InChI is InChI=1S/C13H22N2O3/c1-4-7-15(8-5-2)13(18)14-10-11(6-3)9-12(16)17/h4-5,11H,1-2,6-10H2,3H3,(H,14,18)(H,16,17). The van der Waals surface area contributed by atoms with Crippen LogP contribution in [-0.2, 0) is 4.79 Å². The molecule has 0 heterocycles. The molecule has 18 heavy (non-hydrogen) atoms. The monoisotopic (exact) mass is 254 g/mol. The van der Waals surface area contributed by atoms with Gasteiger partial charge in [0.2, 0.25) is 0 Å². The lowest BCUT2D eigenvalue weighted by molar-refractivity contribution is -0.138. The Morgan fingerprint density at radius 1 is 1.33 bits per heavy atom. The number of carboxylic acid groups (broad SMARTS) is 1. The molecule has 5 nitrogen and oxygen atoms in total. The third kappa shape index (κ3) is 6.73. The first-order chi connectivity index (χ1) is 8.54. The van der Waals surface area contributed by atoms with Crippen LogP contribution in [0.1, 0.15) is 19.8 Å². The number of rotatable bonds is 9. The van der Waals surface area contributed by atoms with Crippen LogP contribution in [-0.4, -0.2) is 41.6 Å². The summed E-state index contributed by atoms with van der Waals surface area (Å²) in [6.45, 7) is 10.3. The first-order valence-corrected chi connectivity index (χ1v) is 6.01. The van der Waals surface area contributed by atoms with E-state index in [2.05, 4.69) is 18.5 Å². The van der Waals surface area contributed by atoms with E-state index in [9.17, 15) is 9.59 Å². The largest absolute Gasteiger partial charge is 0.481 e. The molecular weight excluding hydrogens is 232 g/mol. The zero-order valence-corrected chi connectivity index (χ0v) is 10.9. The van der Waals surface area contributed by atoms with Gasteiger partial charge >= 0.3 is 12.0 Å². The Morgan fingerprint density at radius 2 is 1.89 bits per heavy atom. The number of urea groups is 1. The van der Waals surface area contributed by atoms with Crippen LogP contribution in [0, 0.1) is 5.92 Å². The number of hydrogen-bond acceptors (Lipinski definition) is 2. The van der Waals surface area contributed by atoms with Crippen LogP contribution in [0.4, 0.5) is 4.79 Å². The first kappa shape index (κ1) is 16.2. The normalized spacial score (nSPS) is 11.4. The second-order valence-corrected chi connectivity index (χ2v) is 4.04. The molecule has 0 aromatic carbocycles. The second-order valence-electron chi connectivity index (χ2n) is 4.04. The molecule has 0 aliphatic carbocycles. The van der Waals surface area contributed by atoms with E-state index < -0.39 is 5.97 Å². The minimum absolute atomic E-state index is 0.0410. The zero-order valence-electron chi connectivity index (χ0n) is 10.9. The Balaban J connectivity index is 4.22. The fraction of sp³-hybridized carbons (Fsp3) is 0.538. The van der Waals surface area contributed by atoms with Gasteiger partial charge in [-0.15, -0.1) is 13.2 Å². The van der Waals surface area contributed by atoms with E-state index in [1.807, 2.05) is 6.92 Å². The smallest absolute Gasteiger partial charge is 0.317 e. The number of hydrogen-bond donors (Lipinski definition) is 2. The Labute approximate surface area is 108 Å². The number of carboxylic acids is 1. The summed E-state index contributed by atoms with van der Waals surface area (Å²) in [6.07, 6.45) is 4.06. The maximum absolute atomic E-state index is 11.8. The molecule has 0 saturated heterocycles. The molecule has 1 unspecified atom stereocenters. The summed E-state index contributed by atoms with van der Waals surface area (Å²) in [6, 6.07) is -0.223. The van der Waals surface area contributed by atoms with Gasteiger partial charge in [0.05, 0.1) is 0 Å². The van der Waals surface area contributed by atoms with Gasteiger partial charge in [0.15, 0.2) is 0 Å². The third-order valence-electron chi connectivity index (χ3n) is 2.57. The number of amides is 2. The average Bonchev–Trinajstić information content (AvgIpc) is 2.33. The summed E-state index contributed by atoms with van der Waals surface area (Å²) in [7, 11) is 0. The van der Waals surface area contributed by atoms with Crippen molar-refractivity contribution in [3.63, 3.8) is 0 Å². The van der Waals surface area contributed by atoms with Crippen LogP contribution in [0.25, 0.3) is 0 Å². The van der Waals surface area contributed by atoms with E-state index in [0.717, 1.165) is 6.42 Å². The molecule has 0 fully saturated rings. The van der Waals surface area contributed by atoms with Crippen LogP contribution < -0.4 is 5.32 Å². The number of carbonyl (C=O) groups excluding carboxylic acids is 1. The SMILES string of the molecule is C=CCN(CC=C)C(=O)NCC(CC)CC(=O)O. The molecule has 0 aliphatic heterocycles. The molecule has 5 heteroatoms. The van der Waals surface area contributed by atoms with Crippen LogP contribution in [0.3, 0.4) is 0 Å². The van der Waals surface area contributed by atoms with E-state index in [-0.39, 0.29) is 18.4 Å². The average molecular weight is 254 g/mol. The fourth-order valence-electron chi connectivity index (χ4n) is 1.50. The molecule has 1 atom stereocenters. The van der Waals surface area contributed by atoms with E-state index in [0.29, 0.717) is 19.6 Å². The molecule has 102 valence electrons. The maximum Gasteiger partial charge on any atom is 0.317 e. The van der Waals surface area contributed by atoms with Crippen molar-refractivity contribution in [2.24, 2.45) is 5.92 Å². The van der Waals surface area contributed by atoms with Gasteiger partial charge in [-0.3, -0.25) is 4.79 Å². The van der Waals surface area contributed by atoms with Gasteiger partial charge in [0, 0.05) is 26.1 Å². The van der Waals surface area contributed by atoms with Gasteiger partial charge in [-0.2, -0.15) is 0 Å². The Morgan fingerprint density at radius 3 is 2.28 bits per heavy atom. The topological polar surface area (TPSA) is 69.6 Å². The van der Waals surface area contributed by atoms with Gasteiger partial charge in [0.1, 0.15) is 0 Å². The number of aliphatic carboxylic acids is 1. The molecule has 0 rings (SSSR count). The predicted octanol–water partition coefficient (Wildman–Crippen LogP) is 1.87. The molecule has 0 aromatic rings. The molecule has 0 bridgehead atoms. The second kappa shape index (κ2) is 9.27. The fourth-order valence-corrected chi connectivity index (χ4v) is 1.50. The lowest BCUT2D eigenvalue weighted by atomic mass is 10.0. The molecule has 0 radical (unpaired) electrons. The Bertz CT molecular complexity index is 293. The highest BCUT2D eigenvalue weighted by atomic mass is 16.4. The van der Waals surface area contributed by atoms with Gasteiger partial charge in [-0.05, 0) is 5.92 Å².